The second kappa shape index (κ2) is 8.23. The summed E-state index contributed by atoms with van der Waals surface area (Å²) in [6, 6.07) is 18.3. The van der Waals surface area contributed by atoms with Gasteiger partial charge in [-0.05, 0) is 59.3 Å². The zero-order valence-corrected chi connectivity index (χ0v) is 15.1. The van der Waals surface area contributed by atoms with E-state index in [0.29, 0.717) is 17.1 Å². The maximum atomic E-state index is 12.1. The Morgan fingerprint density at radius 3 is 2.04 bits per heavy atom. The van der Waals surface area contributed by atoms with Crippen molar-refractivity contribution in [1.29, 1.82) is 0 Å². The topological polar surface area (TPSA) is 76.7 Å². The van der Waals surface area contributed by atoms with E-state index in [1.54, 1.807) is 31.4 Å². The largest absolute Gasteiger partial charge is 0.497 e. The Morgan fingerprint density at radius 2 is 1.41 bits per heavy atom. The molecular formula is C21H20N2O4. The average Bonchev–Trinajstić information content (AvgIpc) is 2.67. The highest BCUT2D eigenvalue weighted by molar-refractivity contribution is 5.93. The fourth-order valence-corrected chi connectivity index (χ4v) is 2.61. The molecule has 0 aromatic heterocycles. The smallest absolute Gasteiger partial charge is 0.262 e. The Balaban J connectivity index is 1.58. The molecule has 0 bridgehead atoms. The van der Waals surface area contributed by atoms with Crippen LogP contribution in [0.1, 0.15) is 6.92 Å². The third-order valence-electron chi connectivity index (χ3n) is 3.88. The lowest BCUT2D eigenvalue weighted by Crippen LogP contribution is -2.20. The number of nitrogens with one attached hydrogen (secondary N) is 2. The van der Waals surface area contributed by atoms with E-state index >= 15 is 0 Å². The quantitative estimate of drug-likeness (QED) is 0.697. The molecule has 2 N–H and O–H groups in total. The summed E-state index contributed by atoms with van der Waals surface area (Å²) in [5.74, 6) is 0.952. The molecule has 0 saturated carbocycles. The standard InChI is InChI=1S/C21H20N2O4/c1-14(24)22-17-5-7-18(8-6-17)23-21(25)13-27-20-10-4-15-3-9-19(26-2)11-16(15)12-20/h3-12H,13H2,1-2H3,(H,22,24)(H,23,25). The fraction of sp³-hybridized carbons (Fsp3) is 0.143. The van der Waals surface area contributed by atoms with Crippen LogP contribution in [0.4, 0.5) is 11.4 Å². The number of ether oxygens (including phenoxy) is 2. The molecule has 0 atom stereocenters. The molecule has 0 spiro atoms. The molecule has 138 valence electrons. The van der Waals surface area contributed by atoms with Gasteiger partial charge in [0.1, 0.15) is 11.5 Å². The van der Waals surface area contributed by atoms with Gasteiger partial charge in [-0.1, -0.05) is 12.1 Å². The Morgan fingerprint density at radius 1 is 0.815 bits per heavy atom. The summed E-state index contributed by atoms with van der Waals surface area (Å²) in [4.78, 5) is 23.1. The van der Waals surface area contributed by atoms with Crippen LogP contribution < -0.4 is 20.1 Å². The molecule has 2 amide bonds. The summed E-state index contributed by atoms with van der Waals surface area (Å²) >= 11 is 0. The van der Waals surface area contributed by atoms with Crippen LogP contribution >= 0.6 is 0 Å². The van der Waals surface area contributed by atoms with Gasteiger partial charge in [-0.2, -0.15) is 0 Å². The minimum absolute atomic E-state index is 0.108. The normalized spacial score (nSPS) is 10.3. The lowest BCUT2D eigenvalue weighted by atomic mass is 10.1. The van der Waals surface area contributed by atoms with E-state index in [1.165, 1.54) is 6.92 Å². The van der Waals surface area contributed by atoms with Crippen molar-refractivity contribution in [3.63, 3.8) is 0 Å². The third kappa shape index (κ3) is 4.98. The molecule has 3 aromatic rings. The summed E-state index contributed by atoms with van der Waals surface area (Å²) in [7, 11) is 1.62. The summed E-state index contributed by atoms with van der Waals surface area (Å²) < 4.78 is 10.8. The number of rotatable bonds is 6. The van der Waals surface area contributed by atoms with E-state index in [1.807, 2.05) is 36.4 Å². The van der Waals surface area contributed by atoms with E-state index < -0.39 is 0 Å². The fourth-order valence-electron chi connectivity index (χ4n) is 2.61. The van der Waals surface area contributed by atoms with Crippen LogP contribution in [0, 0.1) is 0 Å². The van der Waals surface area contributed by atoms with Gasteiger partial charge in [-0.25, -0.2) is 0 Å². The zero-order chi connectivity index (χ0) is 19.2. The van der Waals surface area contributed by atoms with Crippen LogP contribution in [0.2, 0.25) is 0 Å². The first-order valence-electron chi connectivity index (χ1n) is 8.41. The average molecular weight is 364 g/mol. The molecule has 27 heavy (non-hydrogen) atoms. The van der Waals surface area contributed by atoms with Crippen LogP contribution in [0.25, 0.3) is 10.8 Å². The zero-order valence-electron chi connectivity index (χ0n) is 15.1. The first-order chi connectivity index (χ1) is 13.0. The molecule has 6 nitrogen and oxygen atoms in total. The summed E-state index contributed by atoms with van der Waals surface area (Å²) in [6.07, 6.45) is 0. The van der Waals surface area contributed by atoms with Gasteiger partial charge >= 0.3 is 0 Å². The van der Waals surface area contributed by atoms with Crippen molar-refractivity contribution < 1.29 is 19.1 Å². The predicted octanol–water partition coefficient (Wildman–Crippen LogP) is 3.82. The van der Waals surface area contributed by atoms with E-state index in [4.69, 9.17) is 9.47 Å². The molecule has 0 radical (unpaired) electrons. The molecule has 3 aromatic carbocycles. The van der Waals surface area contributed by atoms with Gasteiger partial charge in [0.15, 0.2) is 6.61 Å². The van der Waals surface area contributed by atoms with Gasteiger partial charge in [-0.15, -0.1) is 0 Å². The van der Waals surface area contributed by atoms with Crippen LogP contribution in [0.5, 0.6) is 11.5 Å². The number of anilines is 2. The van der Waals surface area contributed by atoms with Crippen molar-refractivity contribution in [2.75, 3.05) is 24.4 Å². The van der Waals surface area contributed by atoms with E-state index in [-0.39, 0.29) is 18.4 Å². The van der Waals surface area contributed by atoms with Gasteiger partial charge in [-0.3, -0.25) is 9.59 Å². The number of amides is 2. The molecule has 3 rings (SSSR count). The second-order valence-electron chi connectivity index (χ2n) is 5.97. The SMILES string of the molecule is COc1ccc2ccc(OCC(=O)Nc3ccc(NC(C)=O)cc3)cc2c1. The first kappa shape index (κ1) is 18.3. The lowest BCUT2D eigenvalue weighted by molar-refractivity contribution is -0.118. The summed E-state index contributed by atoms with van der Waals surface area (Å²) in [6.45, 7) is 1.33. The van der Waals surface area contributed by atoms with E-state index in [2.05, 4.69) is 10.6 Å². The Labute approximate surface area is 157 Å². The molecule has 0 fully saturated rings. The maximum Gasteiger partial charge on any atom is 0.262 e. The van der Waals surface area contributed by atoms with Crippen molar-refractivity contribution in [1.82, 2.24) is 0 Å². The summed E-state index contributed by atoms with van der Waals surface area (Å²) in [5, 5.41) is 7.46. The van der Waals surface area contributed by atoms with Gasteiger partial charge in [0.25, 0.3) is 5.91 Å². The maximum absolute atomic E-state index is 12.1. The molecular weight excluding hydrogens is 344 g/mol. The monoisotopic (exact) mass is 364 g/mol. The van der Waals surface area contributed by atoms with Crippen LogP contribution in [-0.4, -0.2) is 25.5 Å². The van der Waals surface area contributed by atoms with Crippen molar-refractivity contribution >= 4 is 34.0 Å². The van der Waals surface area contributed by atoms with Crippen molar-refractivity contribution in [2.45, 2.75) is 6.92 Å². The molecule has 6 heteroatoms. The van der Waals surface area contributed by atoms with E-state index in [9.17, 15) is 9.59 Å². The molecule has 0 unspecified atom stereocenters. The highest BCUT2D eigenvalue weighted by Crippen LogP contribution is 2.25. The molecule has 0 aliphatic rings. The highest BCUT2D eigenvalue weighted by atomic mass is 16.5. The number of carbonyl (C=O) groups is 2. The second-order valence-corrected chi connectivity index (χ2v) is 5.97. The number of fused-ring (bicyclic) bond motifs is 1. The van der Waals surface area contributed by atoms with Crippen LogP contribution in [-0.2, 0) is 9.59 Å². The van der Waals surface area contributed by atoms with Gasteiger partial charge in [0, 0.05) is 18.3 Å². The highest BCUT2D eigenvalue weighted by Gasteiger charge is 2.06. The molecule has 0 aliphatic heterocycles. The van der Waals surface area contributed by atoms with Crippen molar-refractivity contribution in [3.8, 4) is 11.5 Å². The van der Waals surface area contributed by atoms with Crippen LogP contribution in [0.15, 0.2) is 60.7 Å². The Hall–Kier alpha value is -3.54. The van der Waals surface area contributed by atoms with E-state index in [0.717, 1.165) is 16.5 Å². The Bertz CT molecular complexity index is 968. The van der Waals surface area contributed by atoms with Crippen molar-refractivity contribution in [3.05, 3.63) is 60.7 Å². The lowest BCUT2D eigenvalue weighted by Gasteiger charge is -2.09. The molecule has 0 aliphatic carbocycles. The van der Waals surface area contributed by atoms with Gasteiger partial charge < -0.3 is 20.1 Å². The minimum Gasteiger partial charge on any atom is -0.497 e. The van der Waals surface area contributed by atoms with Gasteiger partial charge in [0.2, 0.25) is 5.91 Å². The molecule has 0 heterocycles. The first-order valence-corrected chi connectivity index (χ1v) is 8.41. The number of benzene rings is 3. The number of methoxy groups -OCH3 is 1. The number of hydrogen-bond acceptors (Lipinski definition) is 4. The number of hydrogen-bond donors (Lipinski definition) is 2. The summed E-state index contributed by atoms with van der Waals surface area (Å²) in [5.41, 5.74) is 1.30. The van der Waals surface area contributed by atoms with Gasteiger partial charge in [0.05, 0.1) is 7.11 Å². The number of carbonyl (C=O) groups excluding carboxylic acids is 2. The molecule has 0 saturated heterocycles. The predicted molar refractivity (Wildman–Crippen MR) is 105 cm³/mol. The Kier molecular flexibility index (Phi) is 5.56. The minimum atomic E-state index is -0.270. The van der Waals surface area contributed by atoms with Crippen LogP contribution in [0.3, 0.4) is 0 Å². The third-order valence-corrected chi connectivity index (χ3v) is 3.88. The van der Waals surface area contributed by atoms with Crippen molar-refractivity contribution in [2.24, 2.45) is 0 Å².